The molecule has 106 valence electrons. The van der Waals surface area contributed by atoms with Crippen LogP contribution in [0.4, 0.5) is 0 Å². The van der Waals surface area contributed by atoms with Gasteiger partial charge in [0.15, 0.2) is 0 Å². The zero-order valence-corrected chi connectivity index (χ0v) is 12.0. The van der Waals surface area contributed by atoms with Crippen molar-refractivity contribution < 1.29 is 9.53 Å². The molecule has 3 N–H and O–H groups in total. The lowest BCUT2D eigenvalue weighted by molar-refractivity contribution is -0.124. The first kappa shape index (κ1) is 15.5. The quantitative estimate of drug-likeness (QED) is 0.755. The van der Waals surface area contributed by atoms with Crippen LogP contribution in [0.2, 0.25) is 0 Å². The van der Waals surface area contributed by atoms with E-state index < -0.39 is 5.54 Å². The molecular weight excluding hydrogens is 240 g/mol. The van der Waals surface area contributed by atoms with Gasteiger partial charge in [-0.15, -0.1) is 0 Å². The molecule has 0 aliphatic rings. The summed E-state index contributed by atoms with van der Waals surface area (Å²) in [5.74, 6) is 0.473. The molecule has 1 aromatic rings. The van der Waals surface area contributed by atoms with Crippen molar-refractivity contribution in [1.29, 1.82) is 0 Å². The third-order valence-corrected chi connectivity index (χ3v) is 3.20. The lowest BCUT2D eigenvalue weighted by Gasteiger charge is -2.27. The van der Waals surface area contributed by atoms with Crippen LogP contribution in [-0.4, -0.2) is 24.6 Å². The molecule has 0 heterocycles. The molecule has 0 saturated heterocycles. The second-order valence-electron chi connectivity index (χ2n) is 5.03. The van der Waals surface area contributed by atoms with Gasteiger partial charge in [0.05, 0.1) is 12.1 Å². The van der Waals surface area contributed by atoms with E-state index in [1.807, 2.05) is 38.1 Å². The van der Waals surface area contributed by atoms with Crippen molar-refractivity contribution in [2.75, 3.05) is 13.2 Å². The third-order valence-electron chi connectivity index (χ3n) is 3.20. The number of amides is 1. The van der Waals surface area contributed by atoms with Crippen LogP contribution in [0.15, 0.2) is 24.3 Å². The van der Waals surface area contributed by atoms with Gasteiger partial charge in [0.2, 0.25) is 5.91 Å². The Morgan fingerprint density at radius 3 is 2.53 bits per heavy atom. The third kappa shape index (κ3) is 4.91. The Morgan fingerprint density at radius 1 is 1.37 bits per heavy atom. The Morgan fingerprint density at radius 2 is 2.00 bits per heavy atom. The van der Waals surface area contributed by atoms with Crippen molar-refractivity contribution in [3.05, 3.63) is 29.8 Å². The number of hydrogen-bond acceptors (Lipinski definition) is 3. The minimum Gasteiger partial charge on any atom is -0.494 e. The van der Waals surface area contributed by atoms with Gasteiger partial charge in [0, 0.05) is 6.42 Å². The van der Waals surface area contributed by atoms with Crippen molar-refractivity contribution in [3.8, 4) is 5.75 Å². The van der Waals surface area contributed by atoms with Gasteiger partial charge in [0.1, 0.15) is 5.75 Å². The van der Waals surface area contributed by atoms with Gasteiger partial charge in [-0.25, -0.2) is 0 Å². The number of carbonyl (C=O) groups excluding carboxylic acids is 1. The maximum atomic E-state index is 11.5. The van der Waals surface area contributed by atoms with Gasteiger partial charge >= 0.3 is 0 Å². The van der Waals surface area contributed by atoms with E-state index in [1.165, 1.54) is 5.56 Å². The van der Waals surface area contributed by atoms with Crippen LogP contribution in [0.25, 0.3) is 0 Å². The molecule has 1 rings (SSSR count). The Balaban J connectivity index is 2.48. The zero-order valence-electron chi connectivity index (χ0n) is 12.0. The monoisotopic (exact) mass is 264 g/mol. The number of primary amides is 1. The van der Waals surface area contributed by atoms with Gasteiger partial charge in [-0.3, -0.25) is 4.79 Å². The van der Waals surface area contributed by atoms with E-state index in [0.717, 1.165) is 18.7 Å². The van der Waals surface area contributed by atoms with Crippen LogP contribution < -0.4 is 15.8 Å². The minimum atomic E-state index is -0.708. The summed E-state index contributed by atoms with van der Waals surface area (Å²) in [5, 5.41) is 3.19. The van der Waals surface area contributed by atoms with E-state index in [1.54, 1.807) is 0 Å². The molecule has 4 nitrogen and oxygen atoms in total. The molecule has 0 fully saturated rings. The highest BCUT2D eigenvalue weighted by Crippen LogP contribution is 2.14. The highest BCUT2D eigenvalue weighted by Gasteiger charge is 2.29. The maximum Gasteiger partial charge on any atom is 0.237 e. The number of carbonyl (C=O) groups is 1. The second kappa shape index (κ2) is 7.14. The first-order chi connectivity index (χ1) is 8.98. The summed E-state index contributed by atoms with van der Waals surface area (Å²) in [6.45, 7) is 7.13. The smallest absolute Gasteiger partial charge is 0.237 e. The highest BCUT2D eigenvalue weighted by molar-refractivity contribution is 5.84. The van der Waals surface area contributed by atoms with Crippen LogP contribution in [0.3, 0.4) is 0 Å². The molecule has 0 radical (unpaired) electrons. The Labute approximate surface area is 115 Å². The summed E-state index contributed by atoms with van der Waals surface area (Å²) in [5.41, 5.74) is 5.94. The van der Waals surface area contributed by atoms with Crippen molar-refractivity contribution in [2.24, 2.45) is 5.73 Å². The average Bonchev–Trinajstić information content (AvgIpc) is 2.38. The van der Waals surface area contributed by atoms with E-state index in [0.29, 0.717) is 13.0 Å². The number of nitrogens with one attached hydrogen (secondary N) is 1. The second-order valence-corrected chi connectivity index (χ2v) is 5.03. The van der Waals surface area contributed by atoms with Gasteiger partial charge in [-0.1, -0.05) is 24.6 Å². The summed E-state index contributed by atoms with van der Waals surface area (Å²) in [4.78, 5) is 11.5. The van der Waals surface area contributed by atoms with Crippen LogP contribution in [0, 0.1) is 6.92 Å². The number of aryl methyl sites for hydroxylation is 1. The molecule has 0 aliphatic carbocycles. The lowest BCUT2D eigenvalue weighted by Crippen LogP contribution is -2.54. The Kier molecular flexibility index (Phi) is 5.83. The zero-order chi connectivity index (χ0) is 14.3. The van der Waals surface area contributed by atoms with E-state index in [4.69, 9.17) is 10.5 Å². The van der Waals surface area contributed by atoms with Crippen molar-refractivity contribution in [2.45, 2.75) is 39.2 Å². The molecular formula is C15H24N2O2. The number of hydrogen-bond donors (Lipinski definition) is 2. The molecule has 1 aromatic carbocycles. The van der Waals surface area contributed by atoms with Crippen LogP contribution in [0.5, 0.6) is 5.75 Å². The van der Waals surface area contributed by atoms with Gasteiger partial charge < -0.3 is 15.8 Å². The van der Waals surface area contributed by atoms with Gasteiger partial charge in [-0.2, -0.15) is 0 Å². The molecule has 0 aromatic heterocycles. The standard InChI is InChI=1S/C15H24N2O2/c1-4-10-17-15(3,14(16)18)9-11-19-13-7-5-12(2)6-8-13/h5-8,17H,4,9-11H2,1-3H3,(H2,16,18). The van der Waals surface area contributed by atoms with Crippen LogP contribution >= 0.6 is 0 Å². The molecule has 0 aliphatic heterocycles. The fraction of sp³-hybridized carbons (Fsp3) is 0.533. The molecule has 0 bridgehead atoms. The highest BCUT2D eigenvalue weighted by atomic mass is 16.5. The molecule has 0 spiro atoms. The summed E-state index contributed by atoms with van der Waals surface area (Å²) in [6, 6.07) is 7.85. The fourth-order valence-corrected chi connectivity index (χ4v) is 1.71. The summed E-state index contributed by atoms with van der Waals surface area (Å²) in [6.07, 6.45) is 1.51. The van der Waals surface area contributed by atoms with E-state index in [2.05, 4.69) is 12.2 Å². The maximum absolute atomic E-state index is 11.5. The number of nitrogens with two attached hydrogens (primary N) is 1. The first-order valence-electron chi connectivity index (χ1n) is 6.72. The first-order valence-corrected chi connectivity index (χ1v) is 6.72. The fourth-order valence-electron chi connectivity index (χ4n) is 1.71. The van der Waals surface area contributed by atoms with Crippen molar-refractivity contribution >= 4 is 5.91 Å². The summed E-state index contributed by atoms with van der Waals surface area (Å²) in [7, 11) is 0. The normalized spacial score (nSPS) is 13.8. The molecule has 1 unspecified atom stereocenters. The summed E-state index contributed by atoms with van der Waals surface area (Å²) >= 11 is 0. The average molecular weight is 264 g/mol. The van der Waals surface area contributed by atoms with E-state index >= 15 is 0 Å². The SMILES string of the molecule is CCCNC(C)(CCOc1ccc(C)cc1)C(N)=O. The number of rotatable bonds is 8. The molecule has 19 heavy (non-hydrogen) atoms. The Bertz CT molecular complexity index is 403. The van der Waals surface area contributed by atoms with E-state index in [-0.39, 0.29) is 5.91 Å². The molecule has 4 heteroatoms. The predicted molar refractivity (Wildman–Crippen MR) is 77.2 cm³/mol. The molecule has 1 amide bonds. The van der Waals surface area contributed by atoms with E-state index in [9.17, 15) is 4.79 Å². The minimum absolute atomic E-state index is 0.339. The molecule has 0 saturated carbocycles. The topological polar surface area (TPSA) is 64.3 Å². The van der Waals surface area contributed by atoms with Gasteiger partial charge in [0.25, 0.3) is 0 Å². The Hall–Kier alpha value is -1.55. The van der Waals surface area contributed by atoms with Crippen LogP contribution in [0.1, 0.15) is 32.3 Å². The number of benzene rings is 1. The largest absolute Gasteiger partial charge is 0.494 e. The number of ether oxygens (including phenoxy) is 1. The molecule has 1 atom stereocenters. The summed E-state index contributed by atoms with van der Waals surface area (Å²) < 4.78 is 5.64. The van der Waals surface area contributed by atoms with Gasteiger partial charge in [-0.05, 0) is 38.9 Å². The van der Waals surface area contributed by atoms with Crippen molar-refractivity contribution in [3.63, 3.8) is 0 Å². The van der Waals surface area contributed by atoms with Crippen LogP contribution in [-0.2, 0) is 4.79 Å². The predicted octanol–water partition coefficient (Wildman–Crippen LogP) is 2.01. The lowest BCUT2D eigenvalue weighted by atomic mass is 9.97. The van der Waals surface area contributed by atoms with Crippen molar-refractivity contribution in [1.82, 2.24) is 5.32 Å².